The van der Waals surface area contributed by atoms with Gasteiger partial charge < -0.3 is 9.84 Å². The van der Waals surface area contributed by atoms with Gasteiger partial charge in [0.1, 0.15) is 5.75 Å². The molecule has 23 heavy (non-hydrogen) atoms. The minimum absolute atomic E-state index is 0.300. The Labute approximate surface area is 137 Å². The Kier molecular flexibility index (Phi) is 4.94. The van der Waals surface area contributed by atoms with Crippen molar-refractivity contribution in [2.75, 3.05) is 13.2 Å². The van der Waals surface area contributed by atoms with Crippen molar-refractivity contribution in [2.45, 2.75) is 19.8 Å². The average molecular weight is 306 g/mol. The van der Waals surface area contributed by atoms with Gasteiger partial charge >= 0.3 is 0 Å². The molecule has 0 amide bonds. The number of hydrogen-bond donors (Lipinski definition) is 1. The Morgan fingerprint density at radius 3 is 2.04 bits per heavy atom. The quantitative estimate of drug-likeness (QED) is 0.861. The molecule has 1 aliphatic rings. The predicted molar refractivity (Wildman–Crippen MR) is 95.3 cm³/mol. The average Bonchev–Trinajstić information content (AvgIpc) is 2.60. The smallest absolute Gasteiger partial charge is 0.115 e. The van der Waals surface area contributed by atoms with E-state index in [1.54, 1.807) is 12.1 Å². The topological polar surface area (TPSA) is 29.5 Å². The van der Waals surface area contributed by atoms with E-state index in [0.29, 0.717) is 5.75 Å². The third-order valence-electron chi connectivity index (χ3n) is 4.16. The lowest BCUT2D eigenvalue weighted by Crippen LogP contribution is -2.09. The molecule has 2 aromatic rings. The summed E-state index contributed by atoms with van der Waals surface area (Å²) in [6.45, 7) is 3.60. The maximum atomic E-state index is 9.57. The van der Waals surface area contributed by atoms with Crippen LogP contribution in [-0.4, -0.2) is 18.3 Å². The molecule has 1 N–H and O–H groups in total. The van der Waals surface area contributed by atoms with Crippen molar-refractivity contribution in [3.05, 3.63) is 76.9 Å². The second-order valence-electron chi connectivity index (χ2n) is 5.76. The summed E-state index contributed by atoms with van der Waals surface area (Å²) < 4.78 is 5.51. The molecule has 0 aliphatic carbocycles. The first kappa shape index (κ1) is 15.6. The van der Waals surface area contributed by atoms with Gasteiger partial charge in [-0.1, -0.05) is 54.1 Å². The Morgan fingerprint density at radius 1 is 0.913 bits per heavy atom. The molecule has 0 unspecified atom stereocenters. The SMILES string of the molecule is C/C=C/c1ccc(C(=C2CCOCC2)c2ccc(O)cc2)cc1. The predicted octanol–water partition coefficient (Wildman–Crippen LogP) is 5.04. The van der Waals surface area contributed by atoms with Crippen LogP contribution in [0.2, 0.25) is 0 Å². The maximum Gasteiger partial charge on any atom is 0.115 e. The van der Waals surface area contributed by atoms with Crippen LogP contribution in [0.5, 0.6) is 5.75 Å². The van der Waals surface area contributed by atoms with E-state index < -0.39 is 0 Å². The van der Waals surface area contributed by atoms with Gasteiger partial charge in [0.05, 0.1) is 13.2 Å². The van der Waals surface area contributed by atoms with Crippen molar-refractivity contribution in [1.29, 1.82) is 0 Å². The molecular weight excluding hydrogens is 284 g/mol. The first-order chi connectivity index (χ1) is 11.3. The van der Waals surface area contributed by atoms with Crippen LogP contribution >= 0.6 is 0 Å². The fourth-order valence-corrected chi connectivity index (χ4v) is 3.02. The van der Waals surface area contributed by atoms with Gasteiger partial charge in [0.15, 0.2) is 0 Å². The molecule has 2 heteroatoms. The number of phenolic OH excluding ortho intramolecular Hbond substituents is 1. The minimum atomic E-state index is 0.300. The van der Waals surface area contributed by atoms with Crippen LogP contribution < -0.4 is 0 Å². The highest BCUT2D eigenvalue weighted by Crippen LogP contribution is 2.32. The zero-order valence-electron chi connectivity index (χ0n) is 13.5. The van der Waals surface area contributed by atoms with Crippen LogP contribution in [0.1, 0.15) is 36.5 Å². The summed E-state index contributed by atoms with van der Waals surface area (Å²) in [5, 5.41) is 9.57. The molecule has 1 heterocycles. The molecule has 118 valence electrons. The van der Waals surface area contributed by atoms with Crippen molar-refractivity contribution in [1.82, 2.24) is 0 Å². The molecule has 0 saturated carbocycles. The lowest BCUT2D eigenvalue weighted by molar-refractivity contribution is 0.119. The molecular formula is C21H22O2. The molecule has 1 saturated heterocycles. The second kappa shape index (κ2) is 7.30. The Hall–Kier alpha value is -2.32. The van der Waals surface area contributed by atoms with Gasteiger partial charge in [-0.05, 0) is 54.2 Å². The fourth-order valence-electron chi connectivity index (χ4n) is 3.02. The van der Waals surface area contributed by atoms with Gasteiger partial charge in [-0.3, -0.25) is 0 Å². The van der Waals surface area contributed by atoms with Crippen molar-refractivity contribution in [3.63, 3.8) is 0 Å². The second-order valence-corrected chi connectivity index (χ2v) is 5.76. The lowest BCUT2D eigenvalue weighted by Gasteiger charge is -2.21. The number of rotatable bonds is 3. The molecule has 0 bridgehead atoms. The van der Waals surface area contributed by atoms with E-state index in [2.05, 4.69) is 30.3 Å². The Morgan fingerprint density at radius 2 is 1.48 bits per heavy atom. The van der Waals surface area contributed by atoms with Crippen LogP contribution in [-0.2, 0) is 4.74 Å². The van der Waals surface area contributed by atoms with Gasteiger partial charge in [-0.25, -0.2) is 0 Å². The normalized spacial score (nSPS) is 15.1. The summed E-state index contributed by atoms with van der Waals surface area (Å²) >= 11 is 0. The third kappa shape index (κ3) is 3.72. The highest BCUT2D eigenvalue weighted by Gasteiger charge is 2.15. The molecule has 0 atom stereocenters. The van der Waals surface area contributed by atoms with E-state index in [1.807, 2.05) is 25.1 Å². The van der Waals surface area contributed by atoms with Gasteiger partial charge in [0.2, 0.25) is 0 Å². The molecule has 3 rings (SSSR count). The van der Waals surface area contributed by atoms with Crippen molar-refractivity contribution in [3.8, 4) is 5.75 Å². The summed E-state index contributed by atoms with van der Waals surface area (Å²) in [6, 6.07) is 16.2. The third-order valence-corrected chi connectivity index (χ3v) is 4.16. The van der Waals surface area contributed by atoms with Crippen molar-refractivity contribution < 1.29 is 9.84 Å². The zero-order valence-corrected chi connectivity index (χ0v) is 13.5. The van der Waals surface area contributed by atoms with Crippen LogP contribution in [0.15, 0.2) is 60.2 Å². The van der Waals surface area contributed by atoms with Crippen LogP contribution in [0.4, 0.5) is 0 Å². The largest absolute Gasteiger partial charge is 0.508 e. The van der Waals surface area contributed by atoms with Crippen molar-refractivity contribution >= 4 is 11.6 Å². The van der Waals surface area contributed by atoms with Gasteiger partial charge in [-0.2, -0.15) is 0 Å². The summed E-state index contributed by atoms with van der Waals surface area (Å²) in [5.74, 6) is 0.300. The number of benzene rings is 2. The molecule has 1 fully saturated rings. The number of phenols is 1. The lowest BCUT2D eigenvalue weighted by atomic mass is 9.89. The summed E-state index contributed by atoms with van der Waals surface area (Å²) in [4.78, 5) is 0. The van der Waals surface area contributed by atoms with Crippen molar-refractivity contribution in [2.24, 2.45) is 0 Å². The van der Waals surface area contributed by atoms with Crippen LogP contribution in [0.3, 0.4) is 0 Å². The van der Waals surface area contributed by atoms with E-state index in [4.69, 9.17) is 4.74 Å². The standard InChI is InChI=1S/C21H22O2/c1-2-3-16-4-6-17(7-5-16)21(19-12-14-23-15-13-19)18-8-10-20(22)11-9-18/h2-11,22H,12-15H2,1H3/b3-2+. The van der Waals surface area contributed by atoms with Crippen LogP contribution in [0.25, 0.3) is 11.6 Å². The van der Waals surface area contributed by atoms with Gasteiger partial charge in [0.25, 0.3) is 0 Å². The van der Waals surface area contributed by atoms with E-state index in [0.717, 1.165) is 31.6 Å². The van der Waals surface area contributed by atoms with Crippen LogP contribution in [0, 0.1) is 0 Å². The highest BCUT2D eigenvalue weighted by atomic mass is 16.5. The molecule has 2 nitrogen and oxygen atoms in total. The molecule has 0 spiro atoms. The number of ether oxygens (including phenoxy) is 1. The van der Waals surface area contributed by atoms with E-state index in [1.165, 1.54) is 22.3 Å². The first-order valence-electron chi connectivity index (χ1n) is 8.10. The summed E-state index contributed by atoms with van der Waals surface area (Å²) in [7, 11) is 0. The highest BCUT2D eigenvalue weighted by molar-refractivity contribution is 5.82. The maximum absolute atomic E-state index is 9.57. The Balaban J connectivity index is 2.06. The van der Waals surface area contributed by atoms with Gasteiger partial charge in [0, 0.05) is 0 Å². The minimum Gasteiger partial charge on any atom is -0.508 e. The summed E-state index contributed by atoms with van der Waals surface area (Å²) in [5.41, 5.74) is 6.29. The zero-order chi connectivity index (χ0) is 16.1. The first-order valence-corrected chi connectivity index (χ1v) is 8.10. The number of allylic oxidation sites excluding steroid dienone is 1. The monoisotopic (exact) mass is 306 g/mol. The molecule has 1 aliphatic heterocycles. The molecule has 2 aromatic carbocycles. The number of aromatic hydroxyl groups is 1. The van der Waals surface area contributed by atoms with E-state index >= 15 is 0 Å². The van der Waals surface area contributed by atoms with Gasteiger partial charge in [-0.15, -0.1) is 0 Å². The van der Waals surface area contributed by atoms with E-state index in [9.17, 15) is 5.11 Å². The fraction of sp³-hybridized carbons (Fsp3) is 0.238. The summed E-state index contributed by atoms with van der Waals surface area (Å²) in [6.07, 6.45) is 6.08. The Bertz CT molecular complexity index is 699. The van der Waals surface area contributed by atoms with E-state index in [-0.39, 0.29) is 0 Å². The number of hydrogen-bond acceptors (Lipinski definition) is 2. The molecule has 0 radical (unpaired) electrons. The molecule has 0 aromatic heterocycles.